The van der Waals surface area contributed by atoms with Gasteiger partial charge < -0.3 is 26.2 Å². The van der Waals surface area contributed by atoms with Crippen LogP contribution in [0.25, 0.3) is 0 Å². The average molecular weight is 654 g/mol. The second kappa shape index (κ2) is 16.3. The number of hydrogen-bond acceptors (Lipinski definition) is 8. The standard InChI is InChI=1S/C34H51N7O6/c1-6-10-23(29(42)33(46)37-22-13-14-22)38-31(44)26-17-21-11-8-7-9-12-25(21)41(26)34(47)28(20(4)5)40-32(45)27(19(2)3)39-30(43)24-18-35-15-16-36-24/h15-16,18-23,25-28H,6-14,17H2,1-5H3,(H,37,46)(H,38,44)(H,39,43)(H,40,45)/t21-,23?,25-,26-,27?,28-/m0/s1. The van der Waals surface area contributed by atoms with E-state index in [1.165, 1.54) is 18.6 Å². The van der Waals surface area contributed by atoms with Crippen molar-refractivity contribution < 1.29 is 28.8 Å². The molecule has 3 aliphatic rings. The summed E-state index contributed by atoms with van der Waals surface area (Å²) in [5, 5.41) is 11.2. The van der Waals surface area contributed by atoms with E-state index in [2.05, 4.69) is 31.2 Å². The van der Waals surface area contributed by atoms with Crippen LogP contribution in [0.3, 0.4) is 0 Å². The van der Waals surface area contributed by atoms with Crippen LogP contribution in [-0.4, -0.2) is 86.4 Å². The molecule has 13 heteroatoms. The molecule has 4 N–H and O–H groups in total. The van der Waals surface area contributed by atoms with Gasteiger partial charge in [0.15, 0.2) is 0 Å². The Morgan fingerprint density at radius 3 is 2.19 bits per heavy atom. The first kappa shape index (κ1) is 35.9. The van der Waals surface area contributed by atoms with Crippen molar-refractivity contribution in [1.82, 2.24) is 36.1 Å². The van der Waals surface area contributed by atoms with Gasteiger partial charge in [-0.2, -0.15) is 0 Å². The van der Waals surface area contributed by atoms with E-state index in [9.17, 15) is 28.8 Å². The number of amides is 5. The van der Waals surface area contributed by atoms with Crippen LogP contribution in [0.4, 0.5) is 0 Å². The maximum absolute atomic E-state index is 14.5. The summed E-state index contributed by atoms with van der Waals surface area (Å²) in [6.07, 6.45) is 11.7. The van der Waals surface area contributed by atoms with Crippen LogP contribution in [0.1, 0.15) is 109 Å². The molecule has 1 saturated heterocycles. The molecular formula is C34H51N7O6. The lowest BCUT2D eigenvalue weighted by atomic mass is 9.94. The summed E-state index contributed by atoms with van der Waals surface area (Å²) in [6.45, 7) is 9.13. The number of rotatable bonds is 14. The monoisotopic (exact) mass is 653 g/mol. The van der Waals surface area contributed by atoms with Crippen LogP contribution in [0.2, 0.25) is 0 Å². The molecule has 5 amide bonds. The Morgan fingerprint density at radius 1 is 0.872 bits per heavy atom. The molecule has 6 atom stereocenters. The fourth-order valence-corrected chi connectivity index (χ4v) is 6.74. The number of likely N-dealkylation sites (tertiary alicyclic amines) is 1. The minimum absolute atomic E-state index is 0.0123. The Bertz CT molecular complexity index is 1300. The smallest absolute Gasteiger partial charge is 0.289 e. The lowest BCUT2D eigenvalue weighted by Crippen LogP contribution is -2.61. The molecule has 1 aromatic heterocycles. The molecule has 13 nitrogen and oxygen atoms in total. The number of nitrogens with one attached hydrogen (secondary N) is 4. The van der Waals surface area contributed by atoms with E-state index < -0.39 is 53.6 Å². The van der Waals surface area contributed by atoms with Crippen LogP contribution < -0.4 is 21.3 Å². The summed E-state index contributed by atoms with van der Waals surface area (Å²) in [5.41, 5.74) is 0.0673. The van der Waals surface area contributed by atoms with Crippen LogP contribution >= 0.6 is 0 Å². The van der Waals surface area contributed by atoms with E-state index in [-0.39, 0.29) is 41.4 Å². The number of nitrogens with zero attached hydrogens (tertiary/aromatic N) is 3. The summed E-state index contributed by atoms with van der Waals surface area (Å²) in [7, 11) is 0. The van der Waals surface area contributed by atoms with E-state index in [0.717, 1.165) is 44.9 Å². The summed E-state index contributed by atoms with van der Waals surface area (Å²) >= 11 is 0. The minimum atomic E-state index is -0.987. The number of hydrogen-bond donors (Lipinski definition) is 4. The van der Waals surface area contributed by atoms with E-state index in [1.54, 1.807) is 18.7 Å². The zero-order valence-electron chi connectivity index (χ0n) is 28.3. The lowest BCUT2D eigenvalue weighted by molar-refractivity contribution is -0.146. The number of carbonyl (C=O) groups excluding carboxylic acids is 6. The number of fused-ring (bicyclic) bond motifs is 1. The quantitative estimate of drug-likeness (QED) is 0.220. The predicted molar refractivity (Wildman–Crippen MR) is 174 cm³/mol. The van der Waals surface area contributed by atoms with Gasteiger partial charge in [-0.25, -0.2) is 4.98 Å². The first-order valence-corrected chi connectivity index (χ1v) is 17.3. The Hall–Kier alpha value is -3.90. The highest BCUT2D eigenvalue weighted by molar-refractivity contribution is 6.38. The molecule has 258 valence electrons. The van der Waals surface area contributed by atoms with E-state index in [0.29, 0.717) is 19.3 Å². The maximum atomic E-state index is 14.5. The third-order valence-corrected chi connectivity index (χ3v) is 9.50. The van der Waals surface area contributed by atoms with Gasteiger partial charge in [0.2, 0.25) is 23.5 Å². The first-order chi connectivity index (χ1) is 22.4. The predicted octanol–water partition coefficient (Wildman–Crippen LogP) is 2.05. The van der Waals surface area contributed by atoms with Gasteiger partial charge in [0.25, 0.3) is 11.8 Å². The third kappa shape index (κ3) is 9.13. The molecular weight excluding hydrogens is 602 g/mol. The Kier molecular flexibility index (Phi) is 12.4. The molecule has 1 aliphatic heterocycles. The van der Waals surface area contributed by atoms with Crippen molar-refractivity contribution in [2.45, 2.75) is 135 Å². The van der Waals surface area contributed by atoms with Crippen molar-refractivity contribution in [3.63, 3.8) is 0 Å². The summed E-state index contributed by atoms with van der Waals surface area (Å²) < 4.78 is 0. The highest BCUT2D eigenvalue weighted by Gasteiger charge is 2.49. The molecule has 0 spiro atoms. The fourth-order valence-electron chi connectivity index (χ4n) is 6.74. The SMILES string of the molecule is CCCC(NC(=O)[C@@H]1C[C@@H]2CCCCC[C@@H]2N1C(=O)[C@@H](NC(=O)C(NC(=O)c1cnccn1)C(C)C)C(C)C)C(=O)C(=O)NC1CC1. The third-order valence-electron chi connectivity index (χ3n) is 9.50. The van der Waals surface area contributed by atoms with Crippen LogP contribution in [0.5, 0.6) is 0 Å². The second-order valence-corrected chi connectivity index (χ2v) is 13.9. The zero-order chi connectivity index (χ0) is 34.2. The number of aromatic nitrogens is 2. The van der Waals surface area contributed by atoms with Gasteiger partial charge in [0, 0.05) is 24.5 Å². The van der Waals surface area contributed by atoms with Crippen molar-refractivity contribution in [2.75, 3.05) is 0 Å². The van der Waals surface area contributed by atoms with Gasteiger partial charge in [-0.3, -0.25) is 33.8 Å². The van der Waals surface area contributed by atoms with Crippen molar-refractivity contribution in [1.29, 1.82) is 0 Å². The highest BCUT2D eigenvalue weighted by Crippen LogP contribution is 2.39. The van der Waals surface area contributed by atoms with Crippen LogP contribution in [-0.2, 0) is 24.0 Å². The Morgan fingerprint density at radius 2 is 1.57 bits per heavy atom. The van der Waals surface area contributed by atoms with Crippen molar-refractivity contribution >= 4 is 35.3 Å². The molecule has 47 heavy (non-hydrogen) atoms. The summed E-state index contributed by atoms with van der Waals surface area (Å²) in [5.74, 6) is -3.79. The molecule has 0 aromatic carbocycles. The van der Waals surface area contributed by atoms with Gasteiger partial charge in [0.05, 0.1) is 12.2 Å². The molecule has 0 radical (unpaired) electrons. The van der Waals surface area contributed by atoms with Gasteiger partial charge in [-0.15, -0.1) is 0 Å². The zero-order valence-corrected chi connectivity index (χ0v) is 28.3. The normalized spacial score (nSPS) is 22.8. The molecule has 0 bridgehead atoms. The summed E-state index contributed by atoms with van der Waals surface area (Å²) in [4.78, 5) is 90.3. The Labute approximate surface area is 277 Å². The van der Waals surface area contributed by atoms with Crippen molar-refractivity contribution in [3.05, 3.63) is 24.3 Å². The molecule has 3 fully saturated rings. The topological polar surface area (TPSA) is 180 Å². The molecule has 2 saturated carbocycles. The molecule has 2 unspecified atom stereocenters. The van der Waals surface area contributed by atoms with Gasteiger partial charge in [-0.1, -0.05) is 60.3 Å². The van der Waals surface area contributed by atoms with E-state index in [4.69, 9.17) is 0 Å². The fraction of sp³-hybridized carbons (Fsp3) is 0.706. The number of Topliss-reactive ketones (excluding diaryl/α,β-unsaturated/α-hetero) is 1. The molecule has 1 aromatic rings. The van der Waals surface area contributed by atoms with Gasteiger partial charge in [0.1, 0.15) is 23.8 Å². The van der Waals surface area contributed by atoms with Crippen LogP contribution in [0, 0.1) is 17.8 Å². The second-order valence-electron chi connectivity index (χ2n) is 13.9. The van der Waals surface area contributed by atoms with E-state index >= 15 is 0 Å². The highest BCUT2D eigenvalue weighted by atomic mass is 16.2. The average Bonchev–Trinajstić information content (AvgIpc) is 3.83. The largest absolute Gasteiger partial charge is 0.347 e. The molecule has 2 heterocycles. The number of ketones is 1. The summed E-state index contributed by atoms with van der Waals surface area (Å²) in [6, 6.07) is -3.92. The minimum Gasteiger partial charge on any atom is -0.347 e. The number of carbonyl (C=O) groups is 6. The van der Waals surface area contributed by atoms with Gasteiger partial charge in [-0.05, 0) is 56.3 Å². The Balaban J connectivity index is 1.54. The molecule has 4 rings (SSSR count). The van der Waals surface area contributed by atoms with Crippen LogP contribution in [0.15, 0.2) is 18.6 Å². The lowest BCUT2D eigenvalue weighted by Gasteiger charge is -2.36. The first-order valence-electron chi connectivity index (χ1n) is 17.3. The maximum Gasteiger partial charge on any atom is 0.289 e. The van der Waals surface area contributed by atoms with Crippen molar-refractivity contribution in [3.8, 4) is 0 Å². The van der Waals surface area contributed by atoms with E-state index in [1.807, 2.05) is 20.8 Å². The molecule has 2 aliphatic carbocycles. The van der Waals surface area contributed by atoms with Crippen molar-refractivity contribution in [2.24, 2.45) is 17.8 Å². The van der Waals surface area contributed by atoms with Gasteiger partial charge >= 0.3 is 0 Å².